The number of nitrogens with zero attached hydrogens (tertiary/aromatic N) is 3. The molecule has 2 aromatic carbocycles. The van der Waals surface area contributed by atoms with Crippen molar-refractivity contribution in [2.75, 3.05) is 46.4 Å². The number of rotatable bonds is 12. The lowest BCUT2D eigenvalue weighted by Gasteiger charge is -2.32. The zero-order chi connectivity index (χ0) is 28.5. The lowest BCUT2D eigenvalue weighted by Crippen LogP contribution is -2.44. The number of aromatic nitrogens is 1. The van der Waals surface area contributed by atoms with Gasteiger partial charge in [0, 0.05) is 50.9 Å². The molecule has 0 radical (unpaired) electrons. The summed E-state index contributed by atoms with van der Waals surface area (Å²) in [6.45, 7) is 12.1. The standard InChI is InChI=1S/C32H41FN4O3/c1-5-39-28-9-6-25(7-10-28)30-11-8-27(35-31(30)21-37-14-12-36(4)13-15-37)19-32(38)34-20-24-16-26(33)18-29(17-24)40-22-23(2)3/h6-11,16-18,23H,5,12-15,19-22H2,1-4H3,(H,34,38). The molecule has 1 fully saturated rings. The van der Waals surface area contributed by atoms with Gasteiger partial charge in [-0.25, -0.2) is 4.39 Å². The maximum absolute atomic E-state index is 14.1. The fourth-order valence-electron chi connectivity index (χ4n) is 4.64. The lowest BCUT2D eigenvalue weighted by molar-refractivity contribution is -0.120. The highest BCUT2D eigenvalue weighted by Gasteiger charge is 2.18. The molecule has 4 rings (SSSR count). The van der Waals surface area contributed by atoms with Crippen LogP contribution in [-0.4, -0.2) is 67.1 Å². The van der Waals surface area contributed by atoms with Gasteiger partial charge in [0.05, 0.1) is 31.0 Å². The predicted octanol–water partition coefficient (Wildman–Crippen LogP) is 4.93. The van der Waals surface area contributed by atoms with E-state index in [0.717, 1.165) is 48.7 Å². The van der Waals surface area contributed by atoms with Crippen molar-refractivity contribution in [3.63, 3.8) is 0 Å². The fourth-order valence-corrected chi connectivity index (χ4v) is 4.64. The second-order valence-corrected chi connectivity index (χ2v) is 10.8. The Bertz CT molecular complexity index is 1260. The van der Waals surface area contributed by atoms with Gasteiger partial charge < -0.3 is 19.7 Å². The number of piperazine rings is 1. The van der Waals surface area contributed by atoms with Crippen LogP contribution in [0.1, 0.15) is 37.7 Å². The average molecular weight is 549 g/mol. The minimum atomic E-state index is -0.384. The van der Waals surface area contributed by atoms with Crippen LogP contribution >= 0.6 is 0 Å². The van der Waals surface area contributed by atoms with Crippen molar-refractivity contribution in [1.82, 2.24) is 20.1 Å². The van der Waals surface area contributed by atoms with Crippen molar-refractivity contribution >= 4 is 5.91 Å². The van der Waals surface area contributed by atoms with E-state index in [-0.39, 0.29) is 24.7 Å². The molecule has 0 aliphatic carbocycles. The van der Waals surface area contributed by atoms with E-state index in [2.05, 4.69) is 40.4 Å². The molecular weight excluding hydrogens is 507 g/mol. The second-order valence-electron chi connectivity index (χ2n) is 10.8. The summed E-state index contributed by atoms with van der Waals surface area (Å²) in [6, 6.07) is 16.6. The summed E-state index contributed by atoms with van der Waals surface area (Å²) in [6.07, 6.45) is 0.144. The van der Waals surface area contributed by atoms with Crippen molar-refractivity contribution in [2.45, 2.75) is 40.3 Å². The number of likely N-dealkylation sites (N-methyl/N-ethyl adjacent to an activating group) is 1. The first kappa shape index (κ1) is 29.5. The monoisotopic (exact) mass is 548 g/mol. The van der Waals surface area contributed by atoms with Crippen LogP contribution in [0.2, 0.25) is 0 Å². The average Bonchev–Trinajstić information content (AvgIpc) is 2.93. The first-order valence-electron chi connectivity index (χ1n) is 14.1. The van der Waals surface area contributed by atoms with E-state index in [4.69, 9.17) is 14.5 Å². The summed E-state index contributed by atoms with van der Waals surface area (Å²) in [4.78, 5) is 22.6. The molecular formula is C32H41FN4O3. The smallest absolute Gasteiger partial charge is 0.226 e. The van der Waals surface area contributed by atoms with Crippen LogP contribution in [0.3, 0.4) is 0 Å². The molecule has 2 heterocycles. The number of carbonyl (C=O) groups is 1. The summed E-state index contributed by atoms with van der Waals surface area (Å²) in [5.41, 5.74) is 4.44. The number of amides is 1. The molecule has 3 aromatic rings. The Morgan fingerprint density at radius 2 is 1.75 bits per heavy atom. The molecule has 1 aliphatic heterocycles. The summed E-state index contributed by atoms with van der Waals surface area (Å²) in [7, 11) is 2.14. The Morgan fingerprint density at radius 3 is 2.45 bits per heavy atom. The van der Waals surface area contributed by atoms with Crippen LogP contribution in [0.25, 0.3) is 11.1 Å². The van der Waals surface area contributed by atoms with Crippen LogP contribution in [-0.2, 0) is 24.3 Å². The first-order chi connectivity index (χ1) is 19.3. The van der Waals surface area contributed by atoms with E-state index < -0.39 is 0 Å². The number of halogens is 1. The second kappa shape index (κ2) is 14.2. The van der Waals surface area contributed by atoms with Crippen molar-refractivity contribution < 1.29 is 18.7 Å². The molecule has 1 amide bonds. The van der Waals surface area contributed by atoms with Gasteiger partial charge in [0.25, 0.3) is 0 Å². The largest absolute Gasteiger partial charge is 0.494 e. The number of hydrogen-bond donors (Lipinski definition) is 1. The third-order valence-electron chi connectivity index (χ3n) is 6.82. The molecule has 8 heteroatoms. The van der Waals surface area contributed by atoms with E-state index in [0.29, 0.717) is 42.7 Å². The lowest BCUT2D eigenvalue weighted by atomic mass is 10.0. The predicted molar refractivity (Wildman–Crippen MR) is 156 cm³/mol. The fraction of sp³-hybridized carbons (Fsp3) is 0.438. The van der Waals surface area contributed by atoms with Crippen LogP contribution in [0.15, 0.2) is 54.6 Å². The van der Waals surface area contributed by atoms with Gasteiger partial charge in [-0.2, -0.15) is 0 Å². The van der Waals surface area contributed by atoms with E-state index in [1.54, 1.807) is 6.07 Å². The molecule has 0 bridgehead atoms. The summed E-state index contributed by atoms with van der Waals surface area (Å²) >= 11 is 0. The minimum Gasteiger partial charge on any atom is -0.494 e. The van der Waals surface area contributed by atoms with Crippen LogP contribution < -0.4 is 14.8 Å². The van der Waals surface area contributed by atoms with Gasteiger partial charge in [-0.15, -0.1) is 0 Å². The van der Waals surface area contributed by atoms with Gasteiger partial charge in [-0.05, 0) is 61.3 Å². The molecule has 0 saturated carbocycles. The summed E-state index contributed by atoms with van der Waals surface area (Å²) < 4.78 is 25.4. The van der Waals surface area contributed by atoms with Crippen LogP contribution in [0.5, 0.6) is 11.5 Å². The molecule has 214 valence electrons. The molecule has 1 saturated heterocycles. The molecule has 1 N–H and O–H groups in total. The normalized spacial score (nSPS) is 14.3. The third-order valence-corrected chi connectivity index (χ3v) is 6.82. The van der Waals surface area contributed by atoms with Gasteiger partial charge in [0.15, 0.2) is 0 Å². The van der Waals surface area contributed by atoms with Crippen molar-refractivity contribution in [3.8, 4) is 22.6 Å². The number of hydrogen-bond acceptors (Lipinski definition) is 6. The maximum Gasteiger partial charge on any atom is 0.226 e. The summed E-state index contributed by atoms with van der Waals surface area (Å²) in [5, 5.41) is 2.91. The highest BCUT2D eigenvalue weighted by atomic mass is 19.1. The van der Waals surface area contributed by atoms with Crippen molar-refractivity contribution in [3.05, 3.63) is 77.4 Å². The number of pyridine rings is 1. The van der Waals surface area contributed by atoms with Gasteiger partial charge in [0.2, 0.25) is 5.91 Å². The van der Waals surface area contributed by atoms with Gasteiger partial charge in [-0.1, -0.05) is 32.0 Å². The Balaban J connectivity index is 1.46. The van der Waals surface area contributed by atoms with E-state index in [1.807, 2.05) is 39.0 Å². The Labute approximate surface area is 237 Å². The maximum atomic E-state index is 14.1. The van der Waals surface area contributed by atoms with Gasteiger partial charge >= 0.3 is 0 Å². The quantitative estimate of drug-likeness (QED) is 0.346. The molecule has 0 spiro atoms. The van der Waals surface area contributed by atoms with E-state index in [9.17, 15) is 9.18 Å². The first-order valence-corrected chi connectivity index (χ1v) is 14.1. The molecule has 1 aromatic heterocycles. The van der Waals surface area contributed by atoms with Crippen LogP contribution in [0, 0.1) is 11.7 Å². The topological polar surface area (TPSA) is 66.9 Å². The molecule has 0 unspecified atom stereocenters. The SMILES string of the molecule is CCOc1ccc(-c2ccc(CC(=O)NCc3cc(F)cc(OCC(C)C)c3)nc2CN2CCN(C)CC2)cc1. The molecule has 7 nitrogen and oxygen atoms in total. The Hall–Kier alpha value is -3.49. The van der Waals surface area contributed by atoms with Crippen molar-refractivity contribution in [2.24, 2.45) is 5.92 Å². The molecule has 1 aliphatic rings. The van der Waals surface area contributed by atoms with E-state index >= 15 is 0 Å². The number of benzene rings is 2. The minimum absolute atomic E-state index is 0.144. The third kappa shape index (κ3) is 8.76. The van der Waals surface area contributed by atoms with E-state index in [1.165, 1.54) is 12.1 Å². The highest BCUT2D eigenvalue weighted by Crippen LogP contribution is 2.27. The number of ether oxygens (including phenoxy) is 2. The van der Waals surface area contributed by atoms with Crippen molar-refractivity contribution in [1.29, 1.82) is 0 Å². The van der Waals surface area contributed by atoms with Crippen LogP contribution in [0.4, 0.5) is 4.39 Å². The Morgan fingerprint density at radius 1 is 1.00 bits per heavy atom. The molecule has 0 atom stereocenters. The number of nitrogens with one attached hydrogen (secondary N) is 1. The zero-order valence-corrected chi connectivity index (χ0v) is 24.1. The zero-order valence-electron chi connectivity index (χ0n) is 24.1. The summed E-state index contributed by atoms with van der Waals surface area (Å²) in [5.74, 6) is 1.09. The van der Waals surface area contributed by atoms with Gasteiger partial charge in [-0.3, -0.25) is 14.7 Å². The molecule has 40 heavy (non-hydrogen) atoms. The van der Waals surface area contributed by atoms with Gasteiger partial charge in [0.1, 0.15) is 17.3 Å². The highest BCUT2D eigenvalue weighted by molar-refractivity contribution is 5.78. The number of carbonyl (C=O) groups excluding carboxylic acids is 1. The Kier molecular flexibility index (Phi) is 10.5.